The molecule has 0 saturated carbocycles. The van der Waals surface area contributed by atoms with E-state index in [9.17, 15) is 18.0 Å². The van der Waals surface area contributed by atoms with Gasteiger partial charge in [-0.3, -0.25) is 9.20 Å². The van der Waals surface area contributed by atoms with Gasteiger partial charge in [-0.2, -0.15) is 13.2 Å². The Balaban J connectivity index is 1.95. The van der Waals surface area contributed by atoms with Crippen LogP contribution in [0.5, 0.6) is 5.75 Å². The van der Waals surface area contributed by atoms with E-state index in [1.54, 1.807) is 22.7 Å². The Morgan fingerprint density at radius 3 is 2.65 bits per heavy atom. The van der Waals surface area contributed by atoms with Crippen LogP contribution in [0, 0.1) is 0 Å². The van der Waals surface area contributed by atoms with Crippen LogP contribution in [0.25, 0.3) is 5.65 Å². The summed E-state index contributed by atoms with van der Waals surface area (Å²) >= 11 is 0. The summed E-state index contributed by atoms with van der Waals surface area (Å²) in [6.07, 6.45) is -1.65. The summed E-state index contributed by atoms with van der Waals surface area (Å²) < 4.78 is 44.6. The van der Waals surface area contributed by atoms with Crippen LogP contribution in [0.15, 0.2) is 36.7 Å². The number of carbonyl (C=O) groups excluding carboxylic acids is 1. The van der Waals surface area contributed by atoms with Crippen LogP contribution in [0.4, 0.5) is 19.0 Å². The van der Waals surface area contributed by atoms with Crippen molar-refractivity contribution in [1.82, 2.24) is 14.4 Å². The zero-order valence-corrected chi connectivity index (χ0v) is 14.0. The van der Waals surface area contributed by atoms with E-state index < -0.39 is 17.6 Å². The number of methoxy groups -OCH3 is 1. The summed E-state index contributed by atoms with van der Waals surface area (Å²) in [4.78, 5) is 20.8. The molecule has 0 spiro atoms. The van der Waals surface area contributed by atoms with Gasteiger partial charge in [0.2, 0.25) is 0 Å². The lowest BCUT2D eigenvalue weighted by Gasteiger charge is -2.09. The number of alkyl halides is 3. The van der Waals surface area contributed by atoms with Crippen molar-refractivity contribution in [2.45, 2.75) is 19.5 Å². The van der Waals surface area contributed by atoms with Crippen molar-refractivity contribution in [3.63, 3.8) is 0 Å². The molecule has 0 aromatic carbocycles. The van der Waals surface area contributed by atoms with Crippen LogP contribution >= 0.6 is 0 Å². The second-order valence-corrected chi connectivity index (χ2v) is 5.41. The van der Waals surface area contributed by atoms with E-state index in [2.05, 4.69) is 15.3 Å². The first kappa shape index (κ1) is 17.7. The van der Waals surface area contributed by atoms with E-state index >= 15 is 0 Å². The average Bonchev–Trinajstić information content (AvgIpc) is 3.00. The quantitative estimate of drug-likeness (QED) is 0.768. The number of aromatic nitrogens is 3. The summed E-state index contributed by atoms with van der Waals surface area (Å²) in [5, 5.41) is 2.51. The first-order chi connectivity index (χ1) is 12.3. The Morgan fingerprint density at radius 2 is 2.08 bits per heavy atom. The number of halogens is 3. The predicted octanol–water partition coefficient (Wildman–Crippen LogP) is 3.57. The zero-order valence-electron chi connectivity index (χ0n) is 14.0. The summed E-state index contributed by atoms with van der Waals surface area (Å²) in [6, 6.07) is 5.40. The minimum atomic E-state index is -4.48. The number of imidazole rings is 1. The molecule has 0 atom stereocenters. The van der Waals surface area contributed by atoms with Gasteiger partial charge in [-0.15, -0.1) is 0 Å². The first-order valence-electron chi connectivity index (χ1n) is 7.73. The van der Waals surface area contributed by atoms with Crippen molar-refractivity contribution < 1.29 is 22.7 Å². The Labute approximate surface area is 146 Å². The molecule has 3 aromatic rings. The van der Waals surface area contributed by atoms with Gasteiger partial charge in [-0.1, -0.05) is 6.92 Å². The topological polar surface area (TPSA) is 68.5 Å². The molecule has 3 rings (SSSR count). The standard InChI is InChI=1S/C17H15F3N4O2/c1-3-11-14(24-8-4-5-12(26-2)15(24)22-11)16(25)23-13-7-6-10(9-21-13)17(18,19)20/h4-9H,3H2,1-2H3,(H,21,23,25). The van der Waals surface area contributed by atoms with E-state index in [1.165, 1.54) is 7.11 Å². The summed E-state index contributed by atoms with van der Waals surface area (Å²) in [5.74, 6) is 0.00617. The highest BCUT2D eigenvalue weighted by molar-refractivity contribution is 6.04. The van der Waals surface area contributed by atoms with Gasteiger partial charge in [0.05, 0.1) is 18.4 Å². The van der Waals surface area contributed by atoms with Crippen LogP contribution in [0.2, 0.25) is 0 Å². The lowest BCUT2D eigenvalue weighted by atomic mass is 10.2. The summed E-state index contributed by atoms with van der Waals surface area (Å²) in [6.45, 7) is 1.85. The van der Waals surface area contributed by atoms with Gasteiger partial charge in [0, 0.05) is 12.4 Å². The Morgan fingerprint density at radius 1 is 1.31 bits per heavy atom. The third kappa shape index (κ3) is 3.19. The molecule has 0 bridgehead atoms. The summed E-state index contributed by atoms with van der Waals surface area (Å²) in [5.41, 5.74) is 0.420. The van der Waals surface area contributed by atoms with Gasteiger partial charge in [0.1, 0.15) is 11.5 Å². The van der Waals surface area contributed by atoms with Gasteiger partial charge in [-0.05, 0) is 30.7 Å². The zero-order chi connectivity index (χ0) is 18.9. The molecule has 3 aromatic heterocycles. The summed E-state index contributed by atoms with van der Waals surface area (Å²) in [7, 11) is 1.50. The number of fused-ring (bicyclic) bond motifs is 1. The molecule has 0 fully saturated rings. The molecule has 0 aliphatic heterocycles. The maximum atomic E-state index is 12.7. The Kier molecular flexibility index (Phi) is 4.54. The number of nitrogens with zero attached hydrogens (tertiary/aromatic N) is 3. The van der Waals surface area contributed by atoms with Gasteiger partial charge in [0.25, 0.3) is 5.91 Å². The normalized spacial score (nSPS) is 11.6. The van der Waals surface area contributed by atoms with E-state index in [4.69, 9.17) is 4.74 Å². The van der Waals surface area contributed by atoms with Gasteiger partial charge >= 0.3 is 6.18 Å². The monoisotopic (exact) mass is 364 g/mol. The predicted molar refractivity (Wildman–Crippen MR) is 88.3 cm³/mol. The van der Waals surface area contributed by atoms with Gasteiger partial charge in [0.15, 0.2) is 11.4 Å². The van der Waals surface area contributed by atoms with Crippen LogP contribution in [-0.4, -0.2) is 27.4 Å². The lowest BCUT2D eigenvalue weighted by Crippen LogP contribution is -2.17. The van der Waals surface area contributed by atoms with E-state index in [0.717, 1.165) is 12.1 Å². The van der Waals surface area contributed by atoms with Crippen molar-refractivity contribution in [3.8, 4) is 5.75 Å². The smallest absolute Gasteiger partial charge is 0.417 e. The van der Waals surface area contributed by atoms with Crippen molar-refractivity contribution >= 4 is 17.4 Å². The molecule has 136 valence electrons. The van der Waals surface area contributed by atoms with Gasteiger partial charge < -0.3 is 10.1 Å². The van der Waals surface area contributed by atoms with E-state index in [1.807, 2.05) is 6.92 Å². The van der Waals surface area contributed by atoms with Crippen molar-refractivity contribution in [2.75, 3.05) is 12.4 Å². The second kappa shape index (κ2) is 6.66. The Hall–Kier alpha value is -3.10. The first-order valence-corrected chi connectivity index (χ1v) is 7.73. The SMILES string of the molecule is CCc1nc2c(OC)cccn2c1C(=O)Nc1ccc(C(F)(F)F)cn1. The number of amides is 1. The van der Waals surface area contributed by atoms with Crippen LogP contribution < -0.4 is 10.1 Å². The number of aryl methyl sites for hydroxylation is 1. The number of carbonyl (C=O) groups is 1. The molecule has 0 aliphatic rings. The third-order valence-corrected chi connectivity index (χ3v) is 3.79. The molecule has 0 radical (unpaired) electrons. The third-order valence-electron chi connectivity index (χ3n) is 3.79. The van der Waals surface area contributed by atoms with Crippen molar-refractivity contribution in [1.29, 1.82) is 0 Å². The molecule has 0 unspecified atom stereocenters. The molecule has 1 amide bonds. The van der Waals surface area contributed by atoms with Crippen LogP contribution in [0.3, 0.4) is 0 Å². The number of ether oxygens (including phenoxy) is 1. The number of hydrogen-bond donors (Lipinski definition) is 1. The number of pyridine rings is 2. The highest BCUT2D eigenvalue weighted by Crippen LogP contribution is 2.29. The minimum absolute atomic E-state index is 0.0166. The van der Waals surface area contributed by atoms with E-state index in [0.29, 0.717) is 29.7 Å². The van der Waals surface area contributed by atoms with Crippen molar-refractivity contribution in [3.05, 3.63) is 53.6 Å². The van der Waals surface area contributed by atoms with Crippen LogP contribution in [-0.2, 0) is 12.6 Å². The fourth-order valence-corrected chi connectivity index (χ4v) is 2.55. The molecule has 9 heteroatoms. The largest absolute Gasteiger partial charge is 0.493 e. The maximum Gasteiger partial charge on any atom is 0.417 e. The molecule has 0 aliphatic carbocycles. The molecule has 0 saturated heterocycles. The van der Waals surface area contributed by atoms with E-state index in [-0.39, 0.29) is 11.5 Å². The minimum Gasteiger partial charge on any atom is -0.493 e. The highest BCUT2D eigenvalue weighted by atomic mass is 19.4. The lowest BCUT2D eigenvalue weighted by molar-refractivity contribution is -0.137. The highest BCUT2D eigenvalue weighted by Gasteiger charge is 2.30. The molecule has 3 heterocycles. The molecule has 26 heavy (non-hydrogen) atoms. The number of rotatable bonds is 4. The maximum absolute atomic E-state index is 12.7. The number of nitrogens with one attached hydrogen (secondary N) is 1. The second-order valence-electron chi connectivity index (χ2n) is 5.41. The van der Waals surface area contributed by atoms with Crippen molar-refractivity contribution in [2.24, 2.45) is 0 Å². The number of hydrogen-bond acceptors (Lipinski definition) is 4. The van der Waals surface area contributed by atoms with Crippen LogP contribution in [0.1, 0.15) is 28.7 Å². The fraction of sp³-hybridized carbons (Fsp3) is 0.235. The number of anilines is 1. The van der Waals surface area contributed by atoms with Gasteiger partial charge in [-0.25, -0.2) is 9.97 Å². The molecule has 1 N–H and O–H groups in total. The molecule has 6 nitrogen and oxygen atoms in total. The Bertz CT molecular complexity index is 949. The molecular formula is C17H15F3N4O2. The average molecular weight is 364 g/mol. The molecular weight excluding hydrogens is 349 g/mol. The fourth-order valence-electron chi connectivity index (χ4n) is 2.55.